The monoisotopic (exact) mass is 594 g/mol. The van der Waals surface area contributed by atoms with E-state index in [1.54, 1.807) is 18.4 Å². The van der Waals surface area contributed by atoms with Crippen LogP contribution in [0.25, 0.3) is 6.08 Å². The number of methoxy groups -OCH3 is 1. The largest absolute Gasteiger partial charge is 0.381 e. The van der Waals surface area contributed by atoms with Crippen LogP contribution in [0.5, 0.6) is 0 Å². The predicted octanol–water partition coefficient (Wildman–Crippen LogP) is 3.80. The first-order chi connectivity index (χ1) is 20.7. The van der Waals surface area contributed by atoms with E-state index in [2.05, 4.69) is 62.5 Å². The Kier molecular flexibility index (Phi) is 11.8. The van der Waals surface area contributed by atoms with Crippen molar-refractivity contribution in [3.63, 3.8) is 0 Å². The molecule has 43 heavy (non-hydrogen) atoms. The van der Waals surface area contributed by atoms with Gasteiger partial charge in [0.25, 0.3) is 0 Å². The van der Waals surface area contributed by atoms with Crippen LogP contribution in [0.3, 0.4) is 0 Å². The number of allylic oxidation sites excluding steroid dienone is 1. The quantitative estimate of drug-likeness (QED) is 0.480. The van der Waals surface area contributed by atoms with Crippen molar-refractivity contribution in [2.45, 2.75) is 103 Å². The van der Waals surface area contributed by atoms with Crippen LogP contribution in [0.1, 0.15) is 89.8 Å². The third-order valence-corrected chi connectivity index (χ3v) is 8.80. The van der Waals surface area contributed by atoms with Gasteiger partial charge in [-0.15, -0.1) is 0 Å². The fraction of sp³-hybridized carbons (Fsp3) is 0.636. The summed E-state index contributed by atoms with van der Waals surface area (Å²) in [6.07, 6.45) is 11.6. The van der Waals surface area contributed by atoms with Crippen LogP contribution in [0, 0.1) is 11.8 Å². The number of nitrogens with zero attached hydrogens (tertiary/aromatic N) is 3. The van der Waals surface area contributed by atoms with Crippen molar-refractivity contribution in [1.82, 2.24) is 26.1 Å². The highest BCUT2D eigenvalue weighted by molar-refractivity contribution is 5.90. The van der Waals surface area contributed by atoms with Gasteiger partial charge >= 0.3 is 0 Å². The second kappa shape index (κ2) is 15.5. The Morgan fingerprint density at radius 2 is 1.79 bits per heavy atom. The molecule has 3 aliphatic heterocycles. The first-order valence-electron chi connectivity index (χ1n) is 16.0. The smallest absolute Gasteiger partial charge is 0.243 e. The van der Waals surface area contributed by atoms with Gasteiger partial charge in [-0.25, -0.2) is 10.5 Å². The maximum atomic E-state index is 13.9. The molecule has 0 radical (unpaired) electrons. The number of nitrogens with one attached hydrogen (secondary N) is 3. The summed E-state index contributed by atoms with van der Waals surface area (Å²) in [5.74, 6) is -0.891. The molecular weight excluding hydrogens is 544 g/mol. The molecule has 3 heterocycles. The molecule has 0 saturated carbocycles. The summed E-state index contributed by atoms with van der Waals surface area (Å²) in [4.78, 5) is 42.3. The molecule has 6 atom stereocenters. The van der Waals surface area contributed by atoms with E-state index in [1.807, 2.05) is 27.7 Å². The number of hydrogen-bond acceptors (Lipinski definition) is 7. The average molecular weight is 595 g/mol. The van der Waals surface area contributed by atoms with Gasteiger partial charge in [0.1, 0.15) is 12.1 Å². The molecule has 4 rings (SSSR count). The molecule has 1 aromatic rings. The number of carbonyl (C=O) groups is 3. The topological polar surface area (TPSA) is 115 Å². The SMILES string of the molecule is COC1CC/C=C/c2cccc(c2)C2CCCCN2C(=O)C2CCCN(N=CC(C)NC(=O)C(C(C)C)NC(=O)C1C)N2. The molecule has 0 aromatic heterocycles. The summed E-state index contributed by atoms with van der Waals surface area (Å²) >= 11 is 0. The zero-order chi connectivity index (χ0) is 30.9. The van der Waals surface area contributed by atoms with Gasteiger partial charge < -0.3 is 20.3 Å². The van der Waals surface area contributed by atoms with Crippen LogP contribution < -0.4 is 16.1 Å². The number of benzene rings is 1. The van der Waals surface area contributed by atoms with E-state index in [0.29, 0.717) is 13.0 Å². The molecule has 3 N–H and O–H groups in total. The third-order valence-electron chi connectivity index (χ3n) is 8.80. The molecular formula is C33H50N6O4. The van der Waals surface area contributed by atoms with E-state index < -0.39 is 12.0 Å². The van der Waals surface area contributed by atoms with Gasteiger partial charge in [-0.3, -0.25) is 14.4 Å². The molecule has 0 aliphatic carbocycles. The van der Waals surface area contributed by atoms with Crippen molar-refractivity contribution in [3.05, 3.63) is 41.5 Å². The minimum absolute atomic E-state index is 0.0401. The number of hydrazone groups is 1. The lowest BCUT2D eigenvalue weighted by Gasteiger charge is -2.40. The molecule has 3 aliphatic rings. The van der Waals surface area contributed by atoms with Crippen LogP contribution in [0.2, 0.25) is 0 Å². The Labute approximate surface area is 256 Å². The molecule has 2 saturated heterocycles. The summed E-state index contributed by atoms with van der Waals surface area (Å²) in [5.41, 5.74) is 5.56. The van der Waals surface area contributed by atoms with Gasteiger partial charge in [-0.1, -0.05) is 51.1 Å². The number of ether oxygens (including phenoxy) is 1. The molecule has 10 nitrogen and oxygen atoms in total. The van der Waals surface area contributed by atoms with E-state index in [4.69, 9.17) is 4.74 Å². The lowest BCUT2D eigenvalue weighted by molar-refractivity contribution is -0.140. The van der Waals surface area contributed by atoms with E-state index in [0.717, 1.165) is 56.2 Å². The minimum atomic E-state index is -0.690. The Morgan fingerprint density at radius 1 is 0.977 bits per heavy atom. The van der Waals surface area contributed by atoms with Crippen molar-refractivity contribution in [3.8, 4) is 0 Å². The summed E-state index contributed by atoms with van der Waals surface area (Å²) in [6.45, 7) is 8.93. The van der Waals surface area contributed by atoms with Gasteiger partial charge in [0.05, 0.1) is 30.7 Å². The summed E-state index contributed by atoms with van der Waals surface area (Å²) in [5, 5.41) is 12.2. The van der Waals surface area contributed by atoms with Crippen molar-refractivity contribution in [2.75, 3.05) is 20.2 Å². The number of carbonyl (C=O) groups excluding carboxylic acids is 3. The van der Waals surface area contributed by atoms with Gasteiger partial charge in [0, 0.05) is 19.9 Å². The molecule has 6 unspecified atom stereocenters. The second-order valence-electron chi connectivity index (χ2n) is 12.5. The van der Waals surface area contributed by atoms with Crippen molar-refractivity contribution >= 4 is 30.0 Å². The zero-order valence-electron chi connectivity index (χ0n) is 26.4. The van der Waals surface area contributed by atoms with Gasteiger partial charge in [-0.05, 0) is 75.0 Å². The fourth-order valence-corrected chi connectivity index (χ4v) is 6.21. The molecule has 2 fully saturated rings. The summed E-state index contributed by atoms with van der Waals surface area (Å²) in [7, 11) is 1.62. The number of hydrogen-bond donors (Lipinski definition) is 3. The minimum Gasteiger partial charge on any atom is -0.381 e. The van der Waals surface area contributed by atoms with E-state index in [-0.39, 0.29) is 47.9 Å². The Hall–Kier alpha value is -3.24. The first-order valence-corrected chi connectivity index (χ1v) is 16.0. The maximum absolute atomic E-state index is 13.9. The lowest BCUT2D eigenvalue weighted by atomic mass is 9.92. The summed E-state index contributed by atoms with van der Waals surface area (Å²) < 4.78 is 5.71. The molecule has 236 valence electrons. The van der Waals surface area contributed by atoms with Crippen LogP contribution in [-0.2, 0) is 19.1 Å². The highest BCUT2D eigenvalue weighted by atomic mass is 16.5. The van der Waals surface area contributed by atoms with E-state index in [1.165, 1.54) is 0 Å². The maximum Gasteiger partial charge on any atom is 0.243 e. The Balaban J connectivity index is 1.60. The van der Waals surface area contributed by atoms with Crippen molar-refractivity contribution < 1.29 is 19.1 Å². The van der Waals surface area contributed by atoms with Crippen LogP contribution in [0.4, 0.5) is 0 Å². The predicted molar refractivity (Wildman–Crippen MR) is 169 cm³/mol. The lowest BCUT2D eigenvalue weighted by Crippen LogP contribution is -2.56. The first kappa shape index (κ1) is 32.7. The van der Waals surface area contributed by atoms with Crippen molar-refractivity contribution in [1.29, 1.82) is 0 Å². The number of amides is 3. The zero-order valence-corrected chi connectivity index (χ0v) is 26.4. The van der Waals surface area contributed by atoms with Gasteiger partial charge in [0.2, 0.25) is 17.7 Å². The Morgan fingerprint density at radius 3 is 2.56 bits per heavy atom. The third kappa shape index (κ3) is 8.66. The summed E-state index contributed by atoms with van der Waals surface area (Å²) in [6, 6.07) is 7.09. The number of piperidine rings is 1. The molecule has 3 amide bonds. The number of rotatable bonds is 2. The fourth-order valence-electron chi connectivity index (χ4n) is 6.21. The van der Waals surface area contributed by atoms with Crippen LogP contribution in [0.15, 0.2) is 35.4 Å². The normalized spacial score (nSPS) is 30.8. The standard InChI is InChI=1S/C33H50N6O4/c1-22(2)30-32(41)35-23(3)21-34-39-19-11-15-27(37-39)33(42)38-18-9-8-16-28(38)26-14-10-13-25(20-26)12-6-7-17-29(43-5)24(4)31(40)36-30/h6,10,12-14,20-24,27-30,37H,7-9,11,15-19H2,1-5H3,(H,35,41)(H,36,40)/b12-6+,34-21?. The second-order valence-corrected chi connectivity index (χ2v) is 12.5. The van der Waals surface area contributed by atoms with Gasteiger partial charge in [0.15, 0.2) is 0 Å². The molecule has 0 spiro atoms. The van der Waals surface area contributed by atoms with E-state index in [9.17, 15) is 14.4 Å². The molecule has 10 heteroatoms. The van der Waals surface area contributed by atoms with Gasteiger partial charge in [-0.2, -0.15) is 5.10 Å². The molecule has 4 bridgehead atoms. The molecule has 1 aromatic carbocycles. The van der Waals surface area contributed by atoms with Crippen LogP contribution in [-0.4, -0.2) is 78.4 Å². The Bertz CT molecular complexity index is 1170. The number of hydrazine groups is 1. The van der Waals surface area contributed by atoms with Crippen molar-refractivity contribution in [2.24, 2.45) is 16.9 Å². The highest BCUT2D eigenvalue weighted by Crippen LogP contribution is 2.33. The number of fused-ring (bicyclic) bond motifs is 6. The average Bonchev–Trinajstić information content (AvgIpc) is 3.01. The van der Waals surface area contributed by atoms with Crippen LogP contribution >= 0.6 is 0 Å². The van der Waals surface area contributed by atoms with E-state index >= 15 is 0 Å². The highest BCUT2D eigenvalue weighted by Gasteiger charge is 2.35.